The second-order valence-corrected chi connectivity index (χ2v) is 3.37. The Labute approximate surface area is 90.8 Å². The van der Waals surface area contributed by atoms with Gasteiger partial charge in [0.15, 0.2) is 11.5 Å². The van der Waals surface area contributed by atoms with Crippen molar-refractivity contribution in [2.75, 3.05) is 11.2 Å². The summed E-state index contributed by atoms with van der Waals surface area (Å²) in [6.45, 7) is 1.89. The van der Waals surface area contributed by atoms with Gasteiger partial charge < -0.3 is 5.32 Å². The molecule has 0 aliphatic heterocycles. The number of aromatic nitrogens is 3. The highest BCUT2D eigenvalue weighted by Crippen LogP contribution is 2.18. The number of aromatic amines is 1. The van der Waals surface area contributed by atoms with E-state index in [-0.39, 0.29) is 11.8 Å². The van der Waals surface area contributed by atoms with Gasteiger partial charge >= 0.3 is 0 Å². The molecule has 2 rings (SSSR count). The van der Waals surface area contributed by atoms with Crippen molar-refractivity contribution in [1.29, 1.82) is 0 Å². The van der Waals surface area contributed by atoms with E-state index in [1.807, 2.05) is 19.1 Å². The lowest BCUT2D eigenvalue weighted by molar-refractivity contribution is -0.113. The Bertz CT molecular complexity index is 508. The molecule has 5 nitrogen and oxygen atoms in total. The smallest absolute Gasteiger partial charge is 0.240 e. The standard InChI is InChI=1S/C9H9ClN4O/c1-5-2-3-6-8(11-5)13-14-9(6)12-7(15)4-10/h2-3H,4H2,1H3,(H2,11,12,13,14,15). The zero-order valence-electron chi connectivity index (χ0n) is 8.04. The van der Waals surface area contributed by atoms with Crippen LogP contribution in [0.15, 0.2) is 12.1 Å². The van der Waals surface area contributed by atoms with Gasteiger partial charge in [0.25, 0.3) is 0 Å². The number of hydrogen-bond acceptors (Lipinski definition) is 3. The van der Waals surface area contributed by atoms with Crippen LogP contribution in [0.4, 0.5) is 5.82 Å². The highest BCUT2D eigenvalue weighted by molar-refractivity contribution is 6.29. The minimum atomic E-state index is -0.286. The van der Waals surface area contributed by atoms with Crippen LogP contribution in [0, 0.1) is 6.92 Å². The monoisotopic (exact) mass is 224 g/mol. The van der Waals surface area contributed by atoms with Crippen LogP contribution in [-0.4, -0.2) is 27.0 Å². The summed E-state index contributed by atoms with van der Waals surface area (Å²) in [7, 11) is 0. The minimum Gasteiger partial charge on any atom is -0.308 e. The van der Waals surface area contributed by atoms with Crippen LogP contribution in [0.3, 0.4) is 0 Å². The topological polar surface area (TPSA) is 70.7 Å². The number of alkyl halides is 1. The summed E-state index contributed by atoms with van der Waals surface area (Å²) in [6, 6.07) is 3.71. The summed E-state index contributed by atoms with van der Waals surface area (Å²) in [4.78, 5) is 15.3. The van der Waals surface area contributed by atoms with Gasteiger partial charge in [0.1, 0.15) is 5.88 Å². The number of fused-ring (bicyclic) bond motifs is 1. The number of anilines is 1. The van der Waals surface area contributed by atoms with E-state index in [0.29, 0.717) is 11.5 Å². The van der Waals surface area contributed by atoms with Crippen molar-refractivity contribution in [2.24, 2.45) is 0 Å². The van der Waals surface area contributed by atoms with Crippen molar-refractivity contribution in [3.8, 4) is 0 Å². The average Bonchev–Trinajstić information content (AvgIpc) is 2.60. The third kappa shape index (κ3) is 1.92. The Morgan fingerprint density at radius 2 is 2.40 bits per heavy atom. The molecule has 0 saturated heterocycles. The van der Waals surface area contributed by atoms with Gasteiger partial charge in [0.05, 0.1) is 5.39 Å². The van der Waals surface area contributed by atoms with Gasteiger partial charge in [-0.3, -0.25) is 9.89 Å². The number of nitrogens with one attached hydrogen (secondary N) is 2. The van der Waals surface area contributed by atoms with Crippen molar-refractivity contribution in [1.82, 2.24) is 15.2 Å². The van der Waals surface area contributed by atoms with Crippen molar-refractivity contribution < 1.29 is 4.79 Å². The Kier molecular flexibility index (Phi) is 2.55. The van der Waals surface area contributed by atoms with Gasteiger partial charge in [-0.05, 0) is 19.1 Å². The van der Waals surface area contributed by atoms with Gasteiger partial charge in [-0.1, -0.05) is 0 Å². The van der Waals surface area contributed by atoms with E-state index in [4.69, 9.17) is 11.6 Å². The molecule has 0 spiro atoms. The first-order valence-corrected chi connectivity index (χ1v) is 4.91. The molecule has 0 fully saturated rings. The number of carbonyl (C=O) groups excluding carboxylic acids is 1. The maximum absolute atomic E-state index is 11.1. The number of H-pyrrole nitrogens is 1. The predicted octanol–water partition coefficient (Wildman–Crippen LogP) is 1.44. The normalized spacial score (nSPS) is 10.5. The molecular weight excluding hydrogens is 216 g/mol. The molecule has 2 aromatic rings. The van der Waals surface area contributed by atoms with Crippen LogP contribution in [-0.2, 0) is 4.79 Å². The maximum atomic E-state index is 11.1. The zero-order chi connectivity index (χ0) is 10.8. The van der Waals surface area contributed by atoms with Crippen LogP contribution in [0.5, 0.6) is 0 Å². The van der Waals surface area contributed by atoms with E-state index < -0.39 is 0 Å². The molecule has 0 radical (unpaired) electrons. The lowest BCUT2D eigenvalue weighted by Crippen LogP contribution is -2.12. The van der Waals surface area contributed by atoms with Crippen molar-refractivity contribution in [3.63, 3.8) is 0 Å². The van der Waals surface area contributed by atoms with Crippen molar-refractivity contribution in [3.05, 3.63) is 17.8 Å². The number of pyridine rings is 1. The third-order valence-corrected chi connectivity index (χ3v) is 2.19. The summed E-state index contributed by atoms with van der Waals surface area (Å²) in [5.74, 6) is 0.0852. The second kappa shape index (κ2) is 3.86. The quantitative estimate of drug-likeness (QED) is 0.759. The number of carbonyl (C=O) groups is 1. The zero-order valence-corrected chi connectivity index (χ0v) is 8.80. The number of aryl methyl sites for hydroxylation is 1. The van der Waals surface area contributed by atoms with E-state index in [0.717, 1.165) is 11.1 Å². The SMILES string of the molecule is Cc1ccc2c(NC(=O)CCl)n[nH]c2n1. The Hall–Kier alpha value is -1.62. The summed E-state index contributed by atoms with van der Waals surface area (Å²) in [5.41, 5.74) is 1.54. The molecular formula is C9H9ClN4O. The van der Waals surface area contributed by atoms with Crippen LogP contribution >= 0.6 is 11.6 Å². The molecule has 78 valence electrons. The molecule has 6 heteroatoms. The molecule has 2 heterocycles. The van der Waals surface area contributed by atoms with Gasteiger partial charge in [0.2, 0.25) is 5.91 Å². The van der Waals surface area contributed by atoms with E-state index >= 15 is 0 Å². The molecule has 0 saturated carbocycles. The molecule has 1 amide bonds. The first kappa shape index (κ1) is 9.92. The van der Waals surface area contributed by atoms with E-state index in [1.54, 1.807) is 0 Å². The lowest BCUT2D eigenvalue weighted by atomic mass is 10.3. The van der Waals surface area contributed by atoms with Gasteiger partial charge in [-0.2, -0.15) is 5.10 Å². The fraction of sp³-hybridized carbons (Fsp3) is 0.222. The predicted molar refractivity (Wildman–Crippen MR) is 58.0 cm³/mol. The van der Waals surface area contributed by atoms with E-state index in [2.05, 4.69) is 20.5 Å². The largest absolute Gasteiger partial charge is 0.308 e. The number of amides is 1. The van der Waals surface area contributed by atoms with Crippen LogP contribution in [0.2, 0.25) is 0 Å². The summed E-state index contributed by atoms with van der Waals surface area (Å²) in [5, 5.41) is 10.0. The lowest BCUT2D eigenvalue weighted by Gasteiger charge is -1.98. The Balaban J connectivity index is 2.41. The van der Waals surface area contributed by atoms with Gasteiger partial charge in [-0.25, -0.2) is 4.98 Å². The van der Waals surface area contributed by atoms with Gasteiger partial charge in [-0.15, -0.1) is 11.6 Å². The molecule has 0 unspecified atom stereocenters. The molecule has 0 aromatic carbocycles. The van der Waals surface area contributed by atoms with Crippen LogP contribution in [0.1, 0.15) is 5.69 Å². The molecule has 0 aliphatic carbocycles. The highest BCUT2D eigenvalue weighted by Gasteiger charge is 2.08. The summed E-state index contributed by atoms with van der Waals surface area (Å²) in [6.07, 6.45) is 0. The fourth-order valence-corrected chi connectivity index (χ4v) is 1.33. The molecule has 0 aliphatic rings. The average molecular weight is 225 g/mol. The first-order chi connectivity index (χ1) is 7.20. The maximum Gasteiger partial charge on any atom is 0.240 e. The van der Waals surface area contributed by atoms with Crippen molar-refractivity contribution >= 4 is 34.4 Å². The summed E-state index contributed by atoms with van der Waals surface area (Å²) < 4.78 is 0. The number of halogens is 1. The van der Waals surface area contributed by atoms with Crippen LogP contribution in [0.25, 0.3) is 11.0 Å². The minimum absolute atomic E-state index is 0.0896. The third-order valence-electron chi connectivity index (χ3n) is 1.94. The number of nitrogens with zero attached hydrogens (tertiary/aromatic N) is 2. The molecule has 2 aromatic heterocycles. The molecule has 15 heavy (non-hydrogen) atoms. The second-order valence-electron chi connectivity index (χ2n) is 3.10. The number of hydrogen-bond donors (Lipinski definition) is 2. The number of rotatable bonds is 2. The molecule has 0 bridgehead atoms. The molecule has 0 atom stereocenters. The first-order valence-electron chi connectivity index (χ1n) is 4.38. The van der Waals surface area contributed by atoms with Crippen molar-refractivity contribution in [2.45, 2.75) is 6.92 Å². The van der Waals surface area contributed by atoms with Gasteiger partial charge in [0, 0.05) is 5.69 Å². The Morgan fingerprint density at radius 1 is 1.60 bits per heavy atom. The Morgan fingerprint density at radius 3 is 3.13 bits per heavy atom. The fourth-order valence-electron chi connectivity index (χ4n) is 1.26. The summed E-state index contributed by atoms with van der Waals surface area (Å²) >= 11 is 5.38. The van der Waals surface area contributed by atoms with Crippen LogP contribution < -0.4 is 5.32 Å². The van der Waals surface area contributed by atoms with E-state index in [1.165, 1.54) is 0 Å². The van der Waals surface area contributed by atoms with E-state index in [9.17, 15) is 4.79 Å². The molecule has 2 N–H and O–H groups in total. The highest BCUT2D eigenvalue weighted by atomic mass is 35.5.